The second kappa shape index (κ2) is 6.17. The summed E-state index contributed by atoms with van der Waals surface area (Å²) in [6.45, 7) is 0.446. The van der Waals surface area contributed by atoms with Gasteiger partial charge < -0.3 is 14.8 Å². The second-order valence-electron chi connectivity index (χ2n) is 4.72. The average molecular weight is 298 g/mol. The predicted octanol–water partition coefficient (Wildman–Crippen LogP) is 3.08. The van der Waals surface area contributed by atoms with Crippen LogP contribution in [-0.2, 0) is 4.74 Å². The van der Waals surface area contributed by atoms with E-state index in [1.54, 1.807) is 48.5 Å². The topological polar surface area (TPSA) is 76.7 Å². The van der Waals surface area contributed by atoms with Crippen LogP contribution in [-0.4, -0.2) is 18.7 Å². The normalized spacial score (nSPS) is 16.5. The van der Waals surface area contributed by atoms with Gasteiger partial charge in [0.2, 0.25) is 0 Å². The summed E-state index contributed by atoms with van der Waals surface area (Å²) in [5.41, 5.74) is 1.46. The lowest BCUT2D eigenvalue weighted by Crippen LogP contribution is -2.16. The van der Waals surface area contributed by atoms with Gasteiger partial charge in [-0.25, -0.2) is 9.59 Å². The van der Waals surface area contributed by atoms with E-state index in [0.29, 0.717) is 18.0 Å². The van der Waals surface area contributed by atoms with Crippen LogP contribution in [0.4, 0.5) is 15.3 Å². The first-order valence-electron chi connectivity index (χ1n) is 6.79. The minimum atomic E-state index is -0.562. The van der Waals surface area contributed by atoms with E-state index in [0.717, 1.165) is 5.56 Å². The van der Waals surface area contributed by atoms with Crippen LogP contribution in [0.1, 0.15) is 11.7 Å². The van der Waals surface area contributed by atoms with E-state index < -0.39 is 12.2 Å². The average Bonchev–Trinajstić information content (AvgIpc) is 2.95. The first kappa shape index (κ1) is 13.9. The molecule has 1 unspecified atom stereocenters. The number of cyclic esters (lactones) is 1. The summed E-state index contributed by atoms with van der Waals surface area (Å²) in [7, 11) is 0. The van der Waals surface area contributed by atoms with Crippen molar-refractivity contribution in [2.24, 2.45) is 0 Å². The minimum absolute atomic E-state index is 0.294. The third-order valence-electron chi connectivity index (χ3n) is 3.16. The molecule has 1 saturated heterocycles. The van der Waals surface area contributed by atoms with Gasteiger partial charge >= 0.3 is 12.2 Å². The zero-order valence-electron chi connectivity index (χ0n) is 11.6. The van der Waals surface area contributed by atoms with E-state index in [4.69, 9.17) is 9.47 Å². The van der Waals surface area contributed by atoms with Crippen LogP contribution in [0, 0.1) is 0 Å². The van der Waals surface area contributed by atoms with E-state index in [9.17, 15) is 9.59 Å². The molecule has 0 aromatic heterocycles. The fourth-order valence-electron chi connectivity index (χ4n) is 2.09. The lowest BCUT2D eigenvalue weighted by molar-refractivity contribution is 0.141. The van der Waals surface area contributed by atoms with Gasteiger partial charge in [-0.05, 0) is 29.8 Å². The zero-order chi connectivity index (χ0) is 15.4. The zero-order valence-corrected chi connectivity index (χ0v) is 11.6. The van der Waals surface area contributed by atoms with Crippen molar-refractivity contribution in [1.82, 2.24) is 5.32 Å². The lowest BCUT2D eigenvalue weighted by atomic mass is 10.1. The van der Waals surface area contributed by atoms with E-state index in [1.165, 1.54) is 0 Å². The molecule has 0 saturated carbocycles. The third kappa shape index (κ3) is 3.35. The molecule has 0 radical (unpaired) electrons. The summed E-state index contributed by atoms with van der Waals surface area (Å²) >= 11 is 0. The summed E-state index contributed by atoms with van der Waals surface area (Å²) in [5.74, 6) is 0.473. The number of ether oxygens (including phenoxy) is 2. The highest BCUT2D eigenvalue weighted by atomic mass is 16.6. The molecule has 22 heavy (non-hydrogen) atoms. The van der Waals surface area contributed by atoms with Crippen LogP contribution in [0.25, 0.3) is 0 Å². The van der Waals surface area contributed by atoms with Crippen molar-refractivity contribution in [2.75, 3.05) is 11.9 Å². The first-order chi connectivity index (χ1) is 10.7. The monoisotopic (exact) mass is 298 g/mol. The predicted molar refractivity (Wildman–Crippen MR) is 79.8 cm³/mol. The maximum Gasteiger partial charge on any atom is 0.417 e. The molecule has 1 aliphatic rings. The summed E-state index contributed by atoms with van der Waals surface area (Å²) in [5, 5.41) is 5.22. The number of hydrogen-bond donors (Lipinski definition) is 2. The van der Waals surface area contributed by atoms with Crippen molar-refractivity contribution in [2.45, 2.75) is 6.10 Å². The van der Waals surface area contributed by atoms with Gasteiger partial charge in [0.05, 0.1) is 6.54 Å². The molecule has 6 nitrogen and oxygen atoms in total. The van der Waals surface area contributed by atoms with Gasteiger partial charge in [0.15, 0.2) is 0 Å². The number of carbonyl (C=O) groups is 2. The molecule has 2 amide bonds. The highest BCUT2D eigenvalue weighted by Crippen LogP contribution is 2.22. The largest absolute Gasteiger partial charge is 0.439 e. The van der Waals surface area contributed by atoms with E-state index in [1.807, 2.05) is 6.07 Å². The van der Waals surface area contributed by atoms with Gasteiger partial charge in [-0.15, -0.1) is 0 Å². The lowest BCUT2D eigenvalue weighted by Gasteiger charge is -2.10. The van der Waals surface area contributed by atoms with E-state index >= 15 is 0 Å². The molecule has 1 atom stereocenters. The Labute approximate surface area is 127 Å². The Morgan fingerprint density at radius 2 is 1.86 bits per heavy atom. The SMILES string of the molecule is O=C(Nc1ccc(C2CNC(=O)O2)cc1)Oc1ccccc1. The number of para-hydroxylation sites is 1. The standard InChI is InChI=1S/C16H14N2O4/c19-15-17-10-14(22-15)11-6-8-12(9-7-11)18-16(20)21-13-4-2-1-3-5-13/h1-9,14H,10H2,(H,17,19)(H,18,20). The second-order valence-corrected chi connectivity index (χ2v) is 4.72. The molecule has 1 aliphatic heterocycles. The Morgan fingerprint density at radius 1 is 1.14 bits per heavy atom. The quantitative estimate of drug-likeness (QED) is 0.913. The van der Waals surface area contributed by atoms with Gasteiger partial charge in [-0.1, -0.05) is 30.3 Å². The molecule has 2 N–H and O–H groups in total. The Balaban J connectivity index is 1.59. The first-order valence-corrected chi connectivity index (χ1v) is 6.79. The minimum Gasteiger partial charge on any atom is -0.439 e. The van der Waals surface area contributed by atoms with Crippen LogP contribution in [0.5, 0.6) is 5.75 Å². The fraction of sp³-hybridized carbons (Fsp3) is 0.125. The number of nitrogens with one attached hydrogen (secondary N) is 2. The van der Waals surface area contributed by atoms with Crippen LogP contribution >= 0.6 is 0 Å². The Hall–Kier alpha value is -3.02. The van der Waals surface area contributed by atoms with Crippen molar-refractivity contribution in [1.29, 1.82) is 0 Å². The molecule has 3 rings (SSSR count). The maximum atomic E-state index is 11.8. The molecule has 1 heterocycles. The van der Waals surface area contributed by atoms with Crippen LogP contribution < -0.4 is 15.4 Å². The van der Waals surface area contributed by atoms with Crippen LogP contribution in [0.3, 0.4) is 0 Å². The molecule has 1 fully saturated rings. The molecule has 0 aliphatic carbocycles. The number of rotatable bonds is 3. The Kier molecular flexibility index (Phi) is 3.91. The highest BCUT2D eigenvalue weighted by Gasteiger charge is 2.23. The van der Waals surface area contributed by atoms with Gasteiger partial charge in [-0.3, -0.25) is 5.32 Å². The number of benzene rings is 2. The van der Waals surface area contributed by atoms with Gasteiger partial charge in [0.25, 0.3) is 0 Å². The molecule has 0 bridgehead atoms. The number of alkyl carbamates (subject to hydrolysis) is 1. The number of anilines is 1. The number of hydrogen-bond acceptors (Lipinski definition) is 4. The molecule has 112 valence electrons. The van der Waals surface area contributed by atoms with E-state index in [2.05, 4.69) is 10.6 Å². The number of carbonyl (C=O) groups excluding carboxylic acids is 2. The van der Waals surface area contributed by atoms with Crippen molar-refractivity contribution >= 4 is 17.9 Å². The van der Waals surface area contributed by atoms with Crippen LogP contribution in [0.2, 0.25) is 0 Å². The third-order valence-corrected chi connectivity index (χ3v) is 3.16. The van der Waals surface area contributed by atoms with E-state index in [-0.39, 0.29) is 6.10 Å². The molecule has 6 heteroatoms. The fourth-order valence-corrected chi connectivity index (χ4v) is 2.09. The molecule has 0 spiro atoms. The van der Waals surface area contributed by atoms with Crippen molar-refractivity contribution in [3.63, 3.8) is 0 Å². The summed E-state index contributed by atoms with van der Waals surface area (Å²) < 4.78 is 10.2. The smallest absolute Gasteiger partial charge is 0.417 e. The van der Waals surface area contributed by atoms with Crippen molar-refractivity contribution in [3.8, 4) is 5.75 Å². The summed E-state index contributed by atoms with van der Waals surface area (Å²) in [6, 6.07) is 15.9. The Bertz CT molecular complexity index is 670. The molecule has 2 aromatic rings. The van der Waals surface area contributed by atoms with Crippen molar-refractivity contribution in [3.05, 3.63) is 60.2 Å². The number of amides is 2. The molecule has 2 aromatic carbocycles. The van der Waals surface area contributed by atoms with Crippen LogP contribution in [0.15, 0.2) is 54.6 Å². The Morgan fingerprint density at radius 3 is 2.50 bits per heavy atom. The van der Waals surface area contributed by atoms with Gasteiger partial charge in [-0.2, -0.15) is 0 Å². The summed E-state index contributed by atoms with van der Waals surface area (Å²) in [4.78, 5) is 22.8. The molecular weight excluding hydrogens is 284 g/mol. The maximum absolute atomic E-state index is 11.8. The van der Waals surface area contributed by atoms with Gasteiger partial charge in [0, 0.05) is 5.69 Å². The molecular formula is C16H14N2O4. The highest BCUT2D eigenvalue weighted by molar-refractivity contribution is 5.86. The van der Waals surface area contributed by atoms with Gasteiger partial charge in [0.1, 0.15) is 11.9 Å². The summed E-state index contributed by atoms with van der Waals surface area (Å²) in [6.07, 6.45) is -1.27. The van der Waals surface area contributed by atoms with Crippen molar-refractivity contribution < 1.29 is 19.1 Å².